The molecule has 478 valence electrons. The summed E-state index contributed by atoms with van der Waals surface area (Å²) in [5.41, 5.74) is 0. The molecule has 0 amide bonds. The third-order valence-corrected chi connectivity index (χ3v) is 16.9. The van der Waals surface area contributed by atoms with Gasteiger partial charge in [0.2, 0.25) is 0 Å². The molecule has 1 atom stereocenters. The fourth-order valence-corrected chi connectivity index (χ4v) is 11.4. The lowest BCUT2D eigenvalue weighted by molar-refractivity contribution is -0.167. The molecule has 0 aromatic heterocycles. The number of rotatable bonds is 69. The van der Waals surface area contributed by atoms with Crippen molar-refractivity contribution < 1.29 is 28.6 Å². The molecular weight excluding hydrogens is 997 g/mol. The molecule has 0 aliphatic rings. The second kappa shape index (κ2) is 70.4. The molecule has 0 N–H and O–H groups in total. The van der Waals surface area contributed by atoms with Gasteiger partial charge in [0.25, 0.3) is 0 Å². The minimum Gasteiger partial charge on any atom is -0.462 e. The zero-order chi connectivity index (χ0) is 58.5. The molecule has 0 aliphatic carbocycles. The normalized spacial score (nSPS) is 12.1. The Bertz CT molecular complexity index is 1310. The van der Waals surface area contributed by atoms with Crippen LogP contribution in [0.5, 0.6) is 0 Å². The van der Waals surface area contributed by atoms with Crippen LogP contribution >= 0.6 is 0 Å². The van der Waals surface area contributed by atoms with Crippen LogP contribution in [0.15, 0.2) is 24.3 Å². The summed E-state index contributed by atoms with van der Waals surface area (Å²) >= 11 is 0. The smallest absolute Gasteiger partial charge is 0.306 e. The highest BCUT2D eigenvalue weighted by atomic mass is 16.6. The number of hydrogen-bond donors (Lipinski definition) is 0. The maximum absolute atomic E-state index is 13.0. The first-order chi connectivity index (χ1) is 40.0. The van der Waals surface area contributed by atoms with Crippen molar-refractivity contribution in [3.05, 3.63) is 24.3 Å². The van der Waals surface area contributed by atoms with Crippen LogP contribution in [0.25, 0.3) is 0 Å². The second-order valence-corrected chi connectivity index (χ2v) is 25.2. The third-order valence-electron chi connectivity index (χ3n) is 16.9. The number of unbranched alkanes of at least 4 members (excludes halogenated alkanes) is 54. The largest absolute Gasteiger partial charge is 0.462 e. The quantitative estimate of drug-likeness (QED) is 0.0261. The topological polar surface area (TPSA) is 78.9 Å². The van der Waals surface area contributed by atoms with Crippen LogP contribution in [0.1, 0.15) is 419 Å². The fraction of sp³-hybridized carbons (Fsp3) is 0.907. The summed E-state index contributed by atoms with van der Waals surface area (Å²) in [6, 6.07) is 0. The minimum absolute atomic E-state index is 0.0679. The predicted octanol–water partition coefficient (Wildman–Crippen LogP) is 25.3. The van der Waals surface area contributed by atoms with Crippen molar-refractivity contribution in [1.82, 2.24) is 0 Å². The van der Waals surface area contributed by atoms with E-state index < -0.39 is 6.10 Å². The zero-order valence-electron chi connectivity index (χ0n) is 55.1. The van der Waals surface area contributed by atoms with E-state index in [9.17, 15) is 14.4 Å². The highest BCUT2D eigenvalue weighted by Gasteiger charge is 2.20. The Labute approximate surface area is 506 Å². The molecule has 0 aromatic rings. The SMILES string of the molecule is CCCC/C=C\CCCCCCCC(=O)OCC(COC(=O)CCCCCCCCCCCCCCCCC/C=C\CCCCCCCCCC)OC(=O)CCCCCCCCCCCCCCCCCCCCCCCCCCC. The van der Waals surface area contributed by atoms with E-state index in [1.807, 2.05) is 0 Å². The van der Waals surface area contributed by atoms with Crippen LogP contribution in [0.4, 0.5) is 0 Å². The van der Waals surface area contributed by atoms with Gasteiger partial charge < -0.3 is 14.2 Å². The van der Waals surface area contributed by atoms with Gasteiger partial charge in [-0.15, -0.1) is 0 Å². The first kappa shape index (κ1) is 78.9. The number of carbonyl (C=O) groups excluding carboxylic acids is 3. The zero-order valence-corrected chi connectivity index (χ0v) is 55.1. The van der Waals surface area contributed by atoms with Gasteiger partial charge in [-0.05, 0) is 64.2 Å². The molecule has 0 spiro atoms. The summed E-state index contributed by atoms with van der Waals surface area (Å²) in [7, 11) is 0. The van der Waals surface area contributed by atoms with Gasteiger partial charge in [0.15, 0.2) is 6.10 Å². The van der Waals surface area contributed by atoms with E-state index >= 15 is 0 Å². The predicted molar refractivity (Wildman–Crippen MR) is 353 cm³/mol. The monoisotopic (exact) mass is 1140 g/mol. The van der Waals surface area contributed by atoms with Crippen LogP contribution < -0.4 is 0 Å². The average Bonchev–Trinajstić information content (AvgIpc) is 3.47. The Balaban J connectivity index is 4.13. The summed E-state index contributed by atoms with van der Waals surface area (Å²) in [5, 5.41) is 0. The van der Waals surface area contributed by atoms with Gasteiger partial charge >= 0.3 is 17.9 Å². The fourth-order valence-electron chi connectivity index (χ4n) is 11.4. The molecule has 0 saturated carbocycles. The van der Waals surface area contributed by atoms with Gasteiger partial charge in [-0.2, -0.15) is 0 Å². The Morgan fingerprint density at radius 2 is 0.420 bits per heavy atom. The minimum atomic E-state index is -0.772. The highest BCUT2D eigenvalue weighted by Crippen LogP contribution is 2.19. The molecule has 0 aromatic carbocycles. The van der Waals surface area contributed by atoms with E-state index in [1.165, 1.54) is 315 Å². The Kier molecular flexibility index (Phi) is 68.5. The van der Waals surface area contributed by atoms with E-state index in [0.29, 0.717) is 19.3 Å². The van der Waals surface area contributed by atoms with Gasteiger partial charge in [-0.3, -0.25) is 14.4 Å². The third kappa shape index (κ3) is 68.6. The highest BCUT2D eigenvalue weighted by molar-refractivity contribution is 5.71. The van der Waals surface area contributed by atoms with Gasteiger partial charge in [0.1, 0.15) is 13.2 Å². The van der Waals surface area contributed by atoms with Crippen LogP contribution in [0.2, 0.25) is 0 Å². The second-order valence-electron chi connectivity index (χ2n) is 25.2. The van der Waals surface area contributed by atoms with E-state index in [4.69, 9.17) is 14.2 Å². The molecule has 0 saturated heterocycles. The van der Waals surface area contributed by atoms with Gasteiger partial charge in [-0.1, -0.05) is 360 Å². The Morgan fingerprint density at radius 1 is 0.235 bits per heavy atom. The van der Waals surface area contributed by atoms with Crippen LogP contribution in [0.3, 0.4) is 0 Å². The number of hydrogen-bond acceptors (Lipinski definition) is 6. The molecular formula is C75H142O6. The van der Waals surface area contributed by atoms with Crippen molar-refractivity contribution >= 4 is 17.9 Å². The molecule has 6 nitrogen and oxygen atoms in total. The van der Waals surface area contributed by atoms with E-state index in [2.05, 4.69) is 45.1 Å². The van der Waals surface area contributed by atoms with Crippen LogP contribution in [0, 0.1) is 0 Å². The molecule has 0 radical (unpaired) electrons. The molecule has 6 heteroatoms. The summed E-state index contributed by atoms with van der Waals surface area (Å²) in [6.07, 6.45) is 86.6. The summed E-state index contributed by atoms with van der Waals surface area (Å²) < 4.78 is 17.0. The first-order valence-electron chi connectivity index (χ1n) is 36.8. The summed E-state index contributed by atoms with van der Waals surface area (Å²) in [6.45, 7) is 6.68. The Morgan fingerprint density at radius 3 is 0.654 bits per heavy atom. The molecule has 0 heterocycles. The molecule has 0 aliphatic heterocycles. The molecule has 0 rings (SSSR count). The van der Waals surface area contributed by atoms with Crippen molar-refractivity contribution in [2.24, 2.45) is 0 Å². The van der Waals surface area contributed by atoms with Crippen molar-refractivity contribution in [2.45, 2.75) is 425 Å². The Hall–Kier alpha value is -2.11. The van der Waals surface area contributed by atoms with E-state index in [1.54, 1.807) is 0 Å². The summed E-state index contributed by atoms with van der Waals surface area (Å²) in [4.78, 5) is 38.4. The number of ether oxygens (including phenoxy) is 3. The standard InChI is InChI=1S/C75H142O6/c1-4-7-10-13-16-19-22-24-26-28-30-32-34-36-37-39-40-42-44-46-48-50-53-56-59-62-65-68-74(77)80-71-72(70-79-73(76)67-64-61-58-55-52-21-18-15-12-9-6-3)81-75(78)69-66-63-60-57-54-51-49-47-45-43-41-38-35-33-31-29-27-25-23-20-17-14-11-8-5-2/h15,18,28,30,72H,4-14,16-17,19-27,29,31-71H2,1-3H3/b18-15-,30-28-. The van der Waals surface area contributed by atoms with Crippen molar-refractivity contribution in [1.29, 1.82) is 0 Å². The summed E-state index contributed by atoms with van der Waals surface area (Å²) in [5.74, 6) is -0.846. The van der Waals surface area contributed by atoms with Gasteiger partial charge in [0.05, 0.1) is 0 Å². The van der Waals surface area contributed by atoms with Crippen LogP contribution in [-0.4, -0.2) is 37.2 Å². The number of esters is 3. The first-order valence-corrected chi connectivity index (χ1v) is 36.8. The van der Waals surface area contributed by atoms with Crippen molar-refractivity contribution in [3.63, 3.8) is 0 Å². The molecule has 1 unspecified atom stereocenters. The van der Waals surface area contributed by atoms with E-state index in [-0.39, 0.29) is 31.1 Å². The van der Waals surface area contributed by atoms with Crippen molar-refractivity contribution in [2.75, 3.05) is 13.2 Å². The molecule has 0 bridgehead atoms. The van der Waals surface area contributed by atoms with Crippen LogP contribution in [-0.2, 0) is 28.6 Å². The van der Waals surface area contributed by atoms with Gasteiger partial charge in [0, 0.05) is 19.3 Å². The lowest BCUT2D eigenvalue weighted by Crippen LogP contribution is -2.30. The number of allylic oxidation sites excluding steroid dienone is 4. The number of carbonyl (C=O) groups is 3. The van der Waals surface area contributed by atoms with Gasteiger partial charge in [-0.25, -0.2) is 0 Å². The lowest BCUT2D eigenvalue weighted by atomic mass is 10.0. The van der Waals surface area contributed by atoms with Crippen molar-refractivity contribution in [3.8, 4) is 0 Å². The average molecular weight is 1140 g/mol. The molecule has 81 heavy (non-hydrogen) atoms. The maximum atomic E-state index is 13.0. The lowest BCUT2D eigenvalue weighted by Gasteiger charge is -2.18. The molecule has 0 fully saturated rings. The maximum Gasteiger partial charge on any atom is 0.306 e. The van der Waals surface area contributed by atoms with E-state index in [0.717, 1.165) is 64.2 Å².